The molecule has 2 aliphatic heterocycles. The van der Waals surface area contributed by atoms with Crippen molar-refractivity contribution in [2.45, 2.75) is 12.5 Å². The number of hydrogen-bond donors (Lipinski definition) is 2. The van der Waals surface area contributed by atoms with Gasteiger partial charge in [-0.2, -0.15) is 0 Å². The number of ether oxygens (including phenoxy) is 3. The van der Waals surface area contributed by atoms with Crippen molar-refractivity contribution in [2.24, 2.45) is 4.99 Å². The van der Waals surface area contributed by atoms with E-state index in [1.807, 2.05) is 30.3 Å². The van der Waals surface area contributed by atoms with Crippen LogP contribution in [0.4, 0.5) is 10.1 Å². The molecule has 1 saturated heterocycles. The number of hydrogen-bond acceptors (Lipinski definition) is 5. The minimum Gasteiger partial charge on any atom is -0.490 e. The number of nitrogens with zero attached hydrogens (tertiary/aromatic N) is 2. The second-order valence-corrected chi connectivity index (χ2v) is 7.51. The number of fused-ring (bicyclic) bond motifs is 1. The van der Waals surface area contributed by atoms with Crippen molar-refractivity contribution in [3.8, 4) is 11.5 Å². The molecule has 4 rings (SSSR count). The maximum atomic E-state index is 13.5. The molecule has 2 aromatic rings. The summed E-state index contributed by atoms with van der Waals surface area (Å²) in [4.78, 5) is 6.71. The van der Waals surface area contributed by atoms with E-state index >= 15 is 0 Å². The number of benzene rings is 2. The van der Waals surface area contributed by atoms with Gasteiger partial charge in [-0.25, -0.2) is 4.39 Å². The number of rotatable bonds is 5. The largest absolute Gasteiger partial charge is 0.490 e. The van der Waals surface area contributed by atoms with Crippen LogP contribution in [0.25, 0.3) is 0 Å². The number of guanidine groups is 1. The molecule has 1 unspecified atom stereocenters. The summed E-state index contributed by atoms with van der Waals surface area (Å²) in [6.07, 6.45) is 0.868. The first-order valence-electron chi connectivity index (χ1n) is 10.7. The molecule has 32 heavy (non-hydrogen) atoms. The Bertz CT molecular complexity index is 891. The first-order chi connectivity index (χ1) is 15.2. The Kier molecular flexibility index (Phi) is 9.36. The SMILES string of the molecule is CN=C(NCC(c1ccc(F)cc1)N1CCOCC1)Nc1ccc2c(c1)OCCCO2.I. The van der Waals surface area contributed by atoms with E-state index in [0.717, 1.165) is 42.3 Å². The van der Waals surface area contributed by atoms with Gasteiger partial charge < -0.3 is 24.8 Å². The molecule has 0 spiro atoms. The first-order valence-corrected chi connectivity index (χ1v) is 10.7. The summed E-state index contributed by atoms with van der Waals surface area (Å²) in [5, 5.41) is 6.73. The Hall–Kier alpha value is -2.11. The van der Waals surface area contributed by atoms with Crippen molar-refractivity contribution in [1.29, 1.82) is 0 Å². The van der Waals surface area contributed by atoms with Crippen LogP contribution in [0.15, 0.2) is 47.5 Å². The van der Waals surface area contributed by atoms with Crippen LogP contribution in [0, 0.1) is 5.82 Å². The minimum atomic E-state index is -0.232. The molecule has 2 aliphatic rings. The van der Waals surface area contributed by atoms with Gasteiger partial charge in [0, 0.05) is 44.9 Å². The average Bonchev–Trinajstić information content (AvgIpc) is 3.05. The number of morpholine rings is 1. The lowest BCUT2D eigenvalue weighted by Crippen LogP contribution is -2.44. The van der Waals surface area contributed by atoms with Crippen molar-refractivity contribution in [1.82, 2.24) is 10.2 Å². The molecule has 0 aliphatic carbocycles. The Morgan fingerprint density at radius 3 is 2.47 bits per heavy atom. The molecular weight excluding hydrogens is 526 g/mol. The van der Waals surface area contributed by atoms with E-state index < -0.39 is 0 Å². The Labute approximate surface area is 205 Å². The molecule has 2 heterocycles. The molecule has 174 valence electrons. The van der Waals surface area contributed by atoms with Gasteiger partial charge in [0.1, 0.15) is 5.82 Å². The molecular formula is C23H30FIN4O3. The van der Waals surface area contributed by atoms with Crippen LogP contribution >= 0.6 is 24.0 Å². The Morgan fingerprint density at radius 1 is 1.03 bits per heavy atom. The molecule has 0 aromatic heterocycles. The maximum absolute atomic E-state index is 13.5. The van der Waals surface area contributed by atoms with E-state index in [4.69, 9.17) is 14.2 Å². The lowest BCUT2D eigenvalue weighted by atomic mass is 10.0. The second kappa shape index (κ2) is 12.2. The van der Waals surface area contributed by atoms with Gasteiger partial charge in [0.05, 0.1) is 32.5 Å². The van der Waals surface area contributed by atoms with Crippen molar-refractivity contribution in [3.63, 3.8) is 0 Å². The summed E-state index contributed by atoms with van der Waals surface area (Å²) in [5.41, 5.74) is 1.92. The average molecular weight is 556 g/mol. The van der Waals surface area contributed by atoms with E-state index in [-0.39, 0.29) is 35.8 Å². The molecule has 0 amide bonds. The number of nitrogens with one attached hydrogen (secondary N) is 2. The van der Waals surface area contributed by atoms with Crippen molar-refractivity contribution >= 4 is 35.6 Å². The highest BCUT2D eigenvalue weighted by atomic mass is 127. The number of halogens is 2. The molecule has 2 N–H and O–H groups in total. The zero-order valence-electron chi connectivity index (χ0n) is 18.2. The standard InChI is InChI=1S/C23H29FN4O3.HI/c1-25-23(27-19-7-8-21-22(15-19)31-12-2-11-30-21)26-16-20(28-9-13-29-14-10-28)17-3-5-18(24)6-4-17;/h3-8,15,20H,2,9-14,16H2,1H3,(H2,25,26,27);1H. The molecule has 1 atom stereocenters. The topological polar surface area (TPSA) is 67.4 Å². The van der Waals surface area contributed by atoms with Crippen LogP contribution in [0.3, 0.4) is 0 Å². The van der Waals surface area contributed by atoms with Crippen molar-refractivity contribution in [2.75, 3.05) is 58.4 Å². The lowest BCUT2D eigenvalue weighted by Gasteiger charge is -2.35. The summed E-state index contributed by atoms with van der Waals surface area (Å²) in [6, 6.07) is 12.6. The van der Waals surface area contributed by atoms with Crippen LogP contribution in [0.5, 0.6) is 11.5 Å². The fourth-order valence-corrected chi connectivity index (χ4v) is 3.78. The predicted molar refractivity (Wildman–Crippen MR) is 134 cm³/mol. The molecule has 1 fully saturated rings. The third kappa shape index (κ3) is 6.46. The zero-order chi connectivity index (χ0) is 21.5. The minimum absolute atomic E-state index is 0. The fourth-order valence-electron chi connectivity index (χ4n) is 3.78. The van der Waals surface area contributed by atoms with Crippen molar-refractivity contribution in [3.05, 3.63) is 53.8 Å². The molecule has 2 aromatic carbocycles. The van der Waals surface area contributed by atoms with E-state index in [1.54, 1.807) is 7.05 Å². The lowest BCUT2D eigenvalue weighted by molar-refractivity contribution is 0.0170. The highest BCUT2D eigenvalue weighted by Crippen LogP contribution is 2.32. The third-order valence-corrected chi connectivity index (χ3v) is 5.44. The highest BCUT2D eigenvalue weighted by Gasteiger charge is 2.23. The van der Waals surface area contributed by atoms with Gasteiger partial charge in [0.15, 0.2) is 17.5 Å². The van der Waals surface area contributed by atoms with Gasteiger partial charge in [-0.15, -0.1) is 24.0 Å². The number of aliphatic imine (C=N–C) groups is 1. The van der Waals surface area contributed by atoms with E-state index in [9.17, 15) is 4.39 Å². The predicted octanol–water partition coefficient (Wildman–Crippen LogP) is 3.67. The van der Waals surface area contributed by atoms with Crippen LogP contribution < -0.4 is 20.1 Å². The van der Waals surface area contributed by atoms with Gasteiger partial charge >= 0.3 is 0 Å². The smallest absolute Gasteiger partial charge is 0.195 e. The zero-order valence-corrected chi connectivity index (χ0v) is 20.5. The van der Waals surface area contributed by atoms with E-state index in [0.29, 0.717) is 38.9 Å². The third-order valence-electron chi connectivity index (χ3n) is 5.44. The summed E-state index contributed by atoms with van der Waals surface area (Å²) >= 11 is 0. The van der Waals surface area contributed by atoms with E-state index in [1.165, 1.54) is 12.1 Å². The second-order valence-electron chi connectivity index (χ2n) is 7.51. The molecule has 9 heteroatoms. The summed E-state index contributed by atoms with van der Waals surface area (Å²) in [5.74, 6) is 1.91. The molecule has 7 nitrogen and oxygen atoms in total. The Balaban J connectivity index is 0.00000289. The quantitative estimate of drug-likeness (QED) is 0.333. The van der Waals surface area contributed by atoms with E-state index in [2.05, 4.69) is 20.5 Å². The fraction of sp³-hybridized carbons (Fsp3) is 0.435. The first kappa shape index (κ1) is 24.5. The summed E-state index contributed by atoms with van der Waals surface area (Å²) in [7, 11) is 1.74. The van der Waals surface area contributed by atoms with Crippen LogP contribution in [-0.4, -0.2) is 64.0 Å². The van der Waals surface area contributed by atoms with Gasteiger partial charge in [-0.1, -0.05) is 12.1 Å². The van der Waals surface area contributed by atoms with Crippen molar-refractivity contribution < 1.29 is 18.6 Å². The highest BCUT2D eigenvalue weighted by molar-refractivity contribution is 14.0. The molecule has 0 radical (unpaired) electrons. The van der Waals surface area contributed by atoms with Crippen LogP contribution in [0.1, 0.15) is 18.0 Å². The van der Waals surface area contributed by atoms with Crippen LogP contribution in [0.2, 0.25) is 0 Å². The van der Waals surface area contributed by atoms with Gasteiger partial charge in [0.25, 0.3) is 0 Å². The summed E-state index contributed by atoms with van der Waals surface area (Å²) in [6.45, 7) is 4.98. The van der Waals surface area contributed by atoms with Gasteiger partial charge in [0.2, 0.25) is 0 Å². The van der Waals surface area contributed by atoms with Crippen LogP contribution in [-0.2, 0) is 4.74 Å². The molecule has 0 saturated carbocycles. The van der Waals surface area contributed by atoms with Gasteiger partial charge in [-0.05, 0) is 29.8 Å². The maximum Gasteiger partial charge on any atom is 0.195 e. The number of anilines is 1. The monoisotopic (exact) mass is 556 g/mol. The molecule has 0 bridgehead atoms. The van der Waals surface area contributed by atoms with Gasteiger partial charge in [-0.3, -0.25) is 9.89 Å². The summed E-state index contributed by atoms with van der Waals surface area (Å²) < 4.78 is 30.4. The Morgan fingerprint density at radius 2 is 1.75 bits per heavy atom. The normalized spacial score (nSPS) is 17.6.